The maximum atomic E-state index is 14.6. The van der Waals surface area contributed by atoms with Crippen molar-refractivity contribution in [2.45, 2.75) is 35.2 Å². The Hall–Kier alpha value is -4.46. The van der Waals surface area contributed by atoms with Crippen LogP contribution in [0.3, 0.4) is 0 Å². The summed E-state index contributed by atoms with van der Waals surface area (Å²) in [6.45, 7) is 1.46. The van der Waals surface area contributed by atoms with Crippen LogP contribution in [0.5, 0.6) is 5.75 Å². The fourth-order valence-electron chi connectivity index (χ4n) is 7.41. The fourth-order valence-corrected chi connectivity index (χ4v) is 8.51. The van der Waals surface area contributed by atoms with Crippen molar-refractivity contribution < 1.29 is 28.7 Å². The van der Waals surface area contributed by atoms with E-state index >= 15 is 0 Å². The third-order valence-corrected chi connectivity index (χ3v) is 10.8. The topological polar surface area (TPSA) is 90.0 Å². The van der Waals surface area contributed by atoms with E-state index in [9.17, 15) is 19.2 Å². The molecule has 232 valence electrons. The average Bonchev–Trinajstić information content (AvgIpc) is 3.36. The molecule has 8 rings (SSSR count). The molecular formula is C37H29Cl2NO6. The number of methoxy groups -OCH3 is 1. The van der Waals surface area contributed by atoms with Gasteiger partial charge >= 0.3 is 5.97 Å². The van der Waals surface area contributed by atoms with Crippen molar-refractivity contribution in [1.29, 1.82) is 0 Å². The molecule has 46 heavy (non-hydrogen) atoms. The zero-order valence-corrected chi connectivity index (χ0v) is 26.5. The molecular weight excluding hydrogens is 625 g/mol. The number of ether oxygens (including phenoxy) is 2. The van der Waals surface area contributed by atoms with Gasteiger partial charge in [-0.15, -0.1) is 23.2 Å². The predicted molar refractivity (Wildman–Crippen MR) is 172 cm³/mol. The number of halogens is 2. The molecule has 4 aromatic rings. The summed E-state index contributed by atoms with van der Waals surface area (Å²) in [6, 6.07) is 28.8. The summed E-state index contributed by atoms with van der Waals surface area (Å²) >= 11 is 15.2. The molecule has 2 bridgehead atoms. The first kappa shape index (κ1) is 30.2. The minimum absolute atomic E-state index is 0.0233. The van der Waals surface area contributed by atoms with Gasteiger partial charge in [0.15, 0.2) is 6.10 Å². The first-order valence-electron chi connectivity index (χ1n) is 15.0. The largest absolute Gasteiger partial charge is 0.497 e. The zero-order valence-electron chi connectivity index (χ0n) is 25.0. The molecule has 0 spiro atoms. The predicted octanol–water partition coefficient (Wildman–Crippen LogP) is 6.01. The standard InChI is InChI=1S/C37H29Cl2NO6/c1-21(32(41)23-16-18-24(45-2)19-17-23)46-35(44)29(20-22-10-4-3-5-11-22)40-33(42)30-31(34(40)43)37(39)26-13-7-6-12-25(26)36(30,38)27-14-8-9-15-28(27)37/h3-19,21,29-31H,20H2,1-2H3/t21-,29-,30-,31+,36?,37?/m0/s1. The number of carbonyl (C=O) groups is 4. The fraction of sp³-hybridized carbons (Fsp3) is 0.243. The second-order valence-electron chi connectivity index (χ2n) is 11.9. The van der Waals surface area contributed by atoms with Gasteiger partial charge in [-0.1, -0.05) is 78.9 Å². The summed E-state index contributed by atoms with van der Waals surface area (Å²) in [4.78, 5) is 54.7. The number of amides is 2. The minimum Gasteiger partial charge on any atom is -0.497 e. The molecule has 9 heteroatoms. The highest BCUT2D eigenvalue weighted by molar-refractivity contribution is 6.36. The van der Waals surface area contributed by atoms with E-state index in [2.05, 4.69) is 0 Å². The van der Waals surface area contributed by atoms with E-state index in [0.717, 1.165) is 4.90 Å². The maximum Gasteiger partial charge on any atom is 0.330 e. The van der Waals surface area contributed by atoms with Gasteiger partial charge in [0.2, 0.25) is 17.6 Å². The molecule has 1 aliphatic heterocycles. The van der Waals surface area contributed by atoms with Crippen molar-refractivity contribution in [2.75, 3.05) is 7.11 Å². The van der Waals surface area contributed by atoms with Crippen molar-refractivity contribution in [1.82, 2.24) is 4.90 Å². The second kappa shape index (κ2) is 11.1. The second-order valence-corrected chi connectivity index (χ2v) is 13.1. The molecule has 0 saturated carbocycles. The molecule has 1 fully saturated rings. The Morgan fingerprint density at radius 3 is 1.65 bits per heavy atom. The Morgan fingerprint density at radius 2 is 1.20 bits per heavy atom. The molecule has 0 N–H and O–H groups in total. The van der Waals surface area contributed by atoms with Crippen LogP contribution in [0.1, 0.15) is 45.1 Å². The number of rotatable bonds is 8. The van der Waals surface area contributed by atoms with Gasteiger partial charge in [0, 0.05) is 12.0 Å². The molecule has 2 amide bonds. The number of carbonyl (C=O) groups excluding carboxylic acids is 4. The molecule has 4 aromatic carbocycles. The lowest BCUT2D eigenvalue weighted by Crippen LogP contribution is -2.57. The van der Waals surface area contributed by atoms with E-state index in [1.165, 1.54) is 14.0 Å². The summed E-state index contributed by atoms with van der Waals surface area (Å²) in [5.41, 5.74) is 3.67. The number of ketones is 1. The van der Waals surface area contributed by atoms with E-state index in [1.54, 1.807) is 48.5 Å². The smallest absolute Gasteiger partial charge is 0.330 e. The summed E-state index contributed by atoms with van der Waals surface area (Å²) in [5, 5.41) is 0. The Kier molecular flexibility index (Phi) is 7.29. The van der Waals surface area contributed by atoms with Gasteiger partial charge in [0.1, 0.15) is 21.5 Å². The highest BCUT2D eigenvalue weighted by Crippen LogP contribution is 2.69. The first-order valence-corrected chi connectivity index (χ1v) is 15.7. The number of benzene rings is 4. The van der Waals surface area contributed by atoms with Crippen LogP contribution in [0.4, 0.5) is 0 Å². The Balaban J connectivity index is 1.28. The third-order valence-electron chi connectivity index (χ3n) is 9.51. The normalized spacial score (nSPS) is 25.3. The van der Waals surface area contributed by atoms with Crippen LogP contribution in [-0.4, -0.2) is 47.7 Å². The molecule has 3 aliphatic carbocycles. The lowest BCUT2D eigenvalue weighted by atomic mass is 9.54. The molecule has 0 aromatic heterocycles. The monoisotopic (exact) mass is 653 g/mol. The molecule has 7 nitrogen and oxygen atoms in total. The van der Waals surface area contributed by atoms with Crippen LogP contribution in [-0.2, 0) is 35.3 Å². The van der Waals surface area contributed by atoms with Crippen LogP contribution >= 0.6 is 23.2 Å². The number of nitrogens with zero attached hydrogens (tertiary/aromatic N) is 1. The van der Waals surface area contributed by atoms with Crippen molar-refractivity contribution >= 4 is 46.8 Å². The number of Topliss-reactive ketones (excluding diaryl/α,β-unsaturated/α-hetero) is 1. The Labute approximate surface area is 276 Å². The number of imide groups is 1. The van der Waals surface area contributed by atoms with Gasteiger partial charge in [-0.05, 0) is 59.0 Å². The maximum absolute atomic E-state index is 14.6. The lowest BCUT2D eigenvalue weighted by Gasteiger charge is -2.54. The molecule has 0 unspecified atom stereocenters. The highest BCUT2D eigenvalue weighted by Gasteiger charge is 2.73. The van der Waals surface area contributed by atoms with Crippen LogP contribution in [0.15, 0.2) is 103 Å². The molecule has 4 atom stereocenters. The quantitative estimate of drug-likeness (QED) is 0.100. The van der Waals surface area contributed by atoms with Crippen molar-refractivity contribution in [3.05, 3.63) is 137 Å². The van der Waals surface area contributed by atoms with E-state index in [4.69, 9.17) is 32.7 Å². The molecule has 0 radical (unpaired) electrons. The van der Waals surface area contributed by atoms with Gasteiger partial charge in [-0.3, -0.25) is 19.3 Å². The van der Waals surface area contributed by atoms with Crippen molar-refractivity contribution in [3.63, 3.8) is 0 Å². The number of likely N-dealkylation sites (tertiary alicyclic amines) is 1. The van der Waals surface area contributed by atoms with Gasteiger partial charge in [0.05, 0.1) is 18.9 Å². The summed E-state index contributed by atoms with van der Waals surface area (Å²) < 4.78 is 10.9. The number of esters is 1. The van der Waals surface area contributed by atoms with Crippen LogP contribution in [0, 0.1) is 11.8 Å². The number of hydrogen-bond acceptors (Lipinski definition) is 6. The third kappa shape index (κ3) is 4.25. The van der Waals surface area contributed by atoms with Crippen LogP contribution < -0.4 is 4.74 Å². The van der Waals surface area contributed by atoms with E-state index in [-0.39, 0.29) is 6.42 Å². The first-order chi connectivity index (χ1) is 22.1. The Morgan fingerprint density at radius 1 is 0.739 bits per heavy atom. The van der Waals surface area contributed by atoms with Crippen molar-refractivity contribution in [3.8, 4) is 5.75 Å². The lowest BCUT2D eigenvalue weighted by molar-refractivity contribution is -0.160. The summed E-state index contributed by atoms with van der Waals surface area (Å²) in [5.74, 6) is -4.11. The highest BCUT2D eigenvalue weighted by atomic mass is 35.5. The summed E-state index contributed by atoms with van der Waals surface area (Å²) in [7, 11) is 1.52. The van der Waals surface area contributed by atoms with Crippen molar-refractivity contribution in [2.24, 2.45) is 11.8 Å². The SMILES string of the molecule is COc1ccc(C(=O)[C@H](C)OC(=O)[C@H](Cc2ccccc2)N2C(=O)[C@@H]3[C@H](C2=O)C2(Cl)c4ccccc4C3(Cl)c3ccccc32)cc1. The average molecular weight is 655 g/mol. The van der Waals surface area contributed by atoms with Crippen LogP contribution in [0.2, 0.25) is 0 Å². The minimum atomic E-state index is -1.39. The van der Waals surface area contributed by atoms with Gasteiger partial charge in [-0.25, -0.2) is 4.79 Å². The van der Waals surface area contributed by atoms with Gasteiger partial charge in [-0.2, -0.15) is 0 Å². The summed E-state index contributed by atoms with van der Waals surface area (Å²) in [6.07, 6.45) is -1.22. The Bertz CT molecular complexity index is 1770. The zero-order chi connectivity index (χ0) is 32.4. The van der Waals surface area contributed by atoms with E-state index < -0.39 is 57.3 Å². The number of alkyl halides is 2. The van der Waals surface area contributed by atoms with E-state index in [0.29, 0.717) is 39.1 Å². The van der Waals surface area contributed by atoms with Crippen LogP contribution in [0.25, 0.3) is 0 Å². The molecule has 4 aliphatic rings. The van der Waals surface area contributed by atoms with Gasteiger partial charge < -0.3 is 9.47 Å². The number of hydrogen-bond donors (Lipinski definition) is 0. The van der Waals surface area contributed by atoms with Gasteiger partial charge in [0.25, 0.3) is 0 Å². The molecule has 1 saturated heterocycles. The molecule has 1 heterocycles. The van der Waals surface area contributed by atoms with E-state index in [1.807, 2.05) is 54.6 Å².